The van der Waals surface area contributed by atoms with Crippen LogP contribution in [-0.2, 0) is 4.79 Å². The van der Waals surface area contributed by atoms with E-state index in [1.54, 1.807) is 0 Å². The minimum atomic E-state index is -0.443. The number of amides is 3. The monoisotopic (exact) mass is 664 g/mol. The summed E-state index contributed by atoms with van der Waals surface area (Å²) in [5.41, 5.74) is 5.83. The molecule has 2 rings (SSSR count). The first-order chi connectivity index (χ1) is 10.3. The third-order valence-electron chi connectivity index (χ3n) is 3.73. The van der Waals surface area contributed by atoms with Gasteiger partial charge in [-0.05, 0) is 58.0 Å². The van der Waals surface area contributed by atoms with Crippen molar-refractivity contribution in [1.82, 2.24) is 16.0 Å². The standard InChI is InChI=1S/C12H19I3N4O2S/c13-10(16)12(14,15)19-8(20)4-2-1-3-7-9-6(5-22-7)17-11(21)18-9/h6-7,9-10H,1-5,16H2,(H,19,20)(H2,17,18,21)/t6-,7-,9-,10?/m0/s1. The number of carbonyl (C=O) groups excluding carboxylic acids is 2. The van der Waals surface area contributed by atoms with Crippen LogP contribution >= 0.6 is 79.5 Å². The molecule has 2 fully saturated rings. The molecule has 10 heteroatoms. The van der Waals surface area contributed by atoms with Crippen molar-refractivity contribution in [2.45, 2.75) is 48.6 Å². The van der Waals surface area contributed by atoms with Crippen molar-refractivity contribution in [2.75, 3.05) is 5.75 Å². The third-order valence-corrected chi connectivity index (χ3v) is 10.4. The second kappa shape index (κ2) is 8.56. The maximum absolute atomic E-state index is 11.9. The highest BCUT2D eigenvalue weighted by Gasteiger charge is 2.42. The molecule has 2 heterocycles. The van der Waals surface area contributed by atoms with Crippen molar-refractivity contribution in [1.29, 1.82) is 0 Å². The molecule has 0 aromatic rings. The maximum atomic E-state index is 11.9. The molecule has 0 aromatic heterocycles. The van der Waals surface area contributed by atoms with Crippen LogP contribution in [0.15, 0.2) is 0 Å². The van der Waals surface area contributed by atoms with E-state index in [0.29, 0.717) is 11.7 Å². The van der Waals surface area contributed by atoms with E-state index < -0.39 is 1.55 Å². The lowest BCUT2D eigenvalue weighted by atomic mass is 10.0. The van der Waals surface area contributed by atoms with Crippen molar-refractivity contribution in [3.05, 3.63) is 0 Å². The molecule has 0 saturated carbocycles. The molecular formula is C12H19I3N4O2S. The summed E-state index contributed by atoms with van der Waals surface area (Å²) in [4.78, 5) is 23.2. The average molecular weight is 664 g/mol. The Morgan fingerprint density at radius 3 is 2.86 bits per heavy atom. The lowest BCUT2D eigenvalue weighted by Crippen LogP contribution is -2.48. The molecule has 126 valence electrons. The van der Waals surface area contributed by atoms with Crippen molar-refractivity contribution < 1.29 is 9.59 Å². The smallest absolute Gasteiger partial charge is 0.315 e. The van der Waals surface area contributed by atoms with Crippen LogP contribution in [-0.4, -0.2) is 40.6 Å². The SMILES string of the molecule is NC(I)C(I)(I)NC(=O)CCCC[C@@H]1SC[C@@H]2NC(=O)N[C@@H]21. The Morgan fingerprint density at radius 1 is 1.45 bits per heavy atom. The zero-order chi connectivity index (χ0) is 16.3. The summed E-state index contributed by atoms with van der Waals surface area (Å²) in [5.74, 6) is 1.03. The van der Waals surface area contributed by atoms with Gasteiger partial charge in [0.1, 0.15) is 0 Å². The predicted molar refractivity (Wildman–Crippen MR) is 115 cm³/mol. The number of unbranched alkanes of at least 4 members (excludes halogenated alkanes) is 1. The number of nitrogens with one attached hydrogen (secondary N) is 3. The van der Waals surface area contributed by atoms with E-state index in [9.17, 15) is 9.59 Å². The molecule has 0 aromatic carbocycles. The fraction of sp³-hybridized carbons (Fsp3) is 0.833. The van der Waals surface area contributed by atoms with Gasteiger partial charge in [-0.3, -0.25) is 4.79 Å². The summed E-state index contributed by atoms with van der Waals surface area (Å²) >= 11 is 8.35. The van der Waals surface area contributed by atoms with E-state index in [0.717, 1.165) is 25.0 Å². The van der Waals surface area contributed by atoms with E-state index in [-0.39, 0.29) is 28.1 Å². The molecule has 0 aliphatic carbocycles. The molecule has 2 saturated heterocycles. The Kier molecular flexibility index (Phi) is 7.61. The number of rotatable bonds is 7. The Balaban J connectivity index is 1.63. The van der Waals surface area contributed by atoms with E-state index >= 15 is 0 Å². The zero-order valence-electron chi connectivity index (χ0n) is 11.8. The number of hydrogen-bond donors (Lipinski definition) is 4. The lowest BCUT2D eigenvalue weighted by molar-refractivity contribution is -0.121. The maximum Gasteiger partial charge on any atom is 0.315 e. The third kappa shape index (κ3) is 5.37. The Morgan fingerprint density at radius 2 is 2.18 bits per heavy atom. The van der Waals surface area contributed by atoms with Gasteiger partial charge in [0.2, 0.25) is 5.91 Å². The quantitative estimate of drug-likeness (QED) is 0.110. The second-order valence-electron chi connectivity index (χ2n) is 5.44. The molecule has 4 atom stereocenters. The van der Waals surface area contributed by atoms with Gasteiger partial charge in [0, 0.05) is 17.4 Å². The number of fused-ring (bicyclic) bond motifs is 1. The van der Waals surface area contributed by atoms with Crippen molar-refractivity contribution >= 4 is 91.5 Å². The minimum absolute atomic E-state index is 0.0451. The van der Waals surface area contributed by atoms with Crippen LogP contribution in [0.25, 0.3) is 0 Å². The van der Waals surface area contributed by atoms with Gasteiger partial charge < -0.3 is 21.7 Å². The minimum Gasteiger partial charge on any atom is -0.332 e. The van der Waals surface area contributed by atoms with Crippen molar-refractivity contribution in [3.63, 3.8) is 0 Å². The molecule has 5 N–H and O–H groups in total. The average Bonchev–Trinajstić information content (AvgIpc) is 2.93. The topological polar surface area (TPSA) is 96.2 Å². The number of halogens is 3. The predicted octanol–water partition coefficient (Wildman–Crippen LogP) is 2.07. The van der Waals surface area contributed by atoms with Crippen LogP contribution in [0, 0.1) is 0 Å². The summed E-state index contributed by atoms with van der Waals surface area (Å²) in [7, 11) is 0. The largest absolute Gasteiger partial charge is 0.332 e. The molecule has 3 amide bonds. The van der Waals surface area contributed by atoms with Gasteiger partial charge in [0.25, 0.3) is 0 Å². The van der Waals surface area contributed by atoms with Crippen molar-refractivity contribution in [2.24, 2.45) is 5.73 Å². The molecular weight excluding hydrogens is 645 g/mol. The number of nitrogens with two attached hydrogens (primary N) is 1. The Bertz CT molecular complexity index is 439. The number of alkyl halides is 3. The molecule has 0 bridgehead atoms. The van der Waals surface area contributed by atoms with E-state index in [4.69, 9.17) is 5.73 Å². The number of hydrogen-bond acceptors (Lipinski definition) is 4. The summed E-state index contributed by atoms with van der Waals surface area (Å²) < 4.78 is -0.581. The van der Waals surface area contributed by atoms with Crippen LogP contribution in [0.1, 0.15) is 25.7 Å². The lowest BCUT2D eigenvalue weighted by Gasteiger charge is -2.25. The van der Waals surface area contributed by atoms with Gasteiger partial charge in [-0.25, -0.2) is 4.79 Å². The molecule has 1 unspecified atom stereocenters. The molecule has 2 aliphatic rings. The summed E-state index contributed by atoms with van der Waals surface area (Å²) in [6.45, 7) is 0. The molecule has 6 nitrogen and oxygen atoms in total. The summed E-state index contributed by atoms with van der Waals surface area (Å²) in [6, 6.07) is 0.476. The first-order valence-electron chi connectivity index (χ1n) is 7.06. The number of urea groups is 1. The first kappa shape index (κ1) is 19.6. The molecule has 22 heavy (non-hydrogen) atoms. The van der Waals surface area contributed by atoms with Gasteiger partial charge in [-0.1, -0.05) is 29.0 Å². The van der Waals surface area contributed by atoms with Gasteiger partial charge in [-0.15, -0.1) is 0 Å². The van der Waals surface area contributed by atoms with Gasteiger partial charge in [0.15, 0.2) is 1.55 Å². The highest BCUT2D eigenvalue weighted by Crippen LogP contribution is 2.33. The normalized spacial score (nSPS) is 28.7. The Labute approximate surface area is 175 Å². The van der Waals surface area contributed by atoms with E-state index in [1.807, 2.05) is 11.8 Å². The van der Waals surface area contributed by atoms with Crippen LogP contribution in [0.3, 0.4) is 0 Å². The van der Waals surface area contributed by atoms with Gasteiger partial charge >= 0.3 is 6.03 Å². The molecule has 0 radical (unpaired) electrons. The van der Waals surface area contributed by atoms with E-state index in [1.165, 1.54) is 0 Å². The zero-order valence-corrected chi connectivity index (χ0v) is 19.1. The van der Waals surface area contributed by atoms with Gasteiger partial charge in [0.05, 0.1) is 16.1 Å². The van der Waals surface area contributed by atoms with Crippen LogP contribution < -0.4 is 21.7 Å². The van der Waals surface area contributed by atoms with Crippen LogP contribution in [0.5, 0.6) is 0 Å². The fourth-order valence-electron chi connectivity index (χ4n) is 2.59. The van der Waals surface area contributed by atoms with E-state index in [2.05, 4.69) is 83.7 Å². The second-order valence-corrected chi connectivity index (χ2v) is 13.5. The highest BCUT2D eigenvalue weighted by atomic mass is 127. The highest BCUT2D eigenvalue weighted by molar-refractivity contribution is 14.2. The Hall–Kier alpha value is 1.24. The fourth-order valence-corrected chi connectivity index (χ4v) is 4.89. The molecule has 0 spiro atoms. The van der Waals surface area contributed by atoms with Crippen LogP contribution in [0.4, 0.5) is 4.79 Å². The molecule has 2 aliphatic heterocycles. The number of carbonyl (C=O) groups is 2. The first-order valence-corrected chi connectivity index (χ1v) is 11.5. The summed E-state index contributed by atoms with van der Waals surface area (Å²) in [6.07, 6.45) is 3.41. The van der Waals surface area contributed by atoms with Crippen LogP contribution in [0.2, 0.25) is 0 Å². The number of thioether (sulfide) groups is 1. The summed E-state index contributed by atoms with van der Waals surface area (Å²) in [5, 5.41) is 9.35. The van der Waals surface area contributed by atoms with Gasteiger partial charge in [-0.2, -0.15) is 11.8 Å². The van der Waals surface area contributed by atoms with Crippen molar-refractivity contribution in [3.8, 4) is 0 Å².